The lowest BCUT2D eigenvalue weighted by Gasteiger charge is -2.33. The zero-order valence-electron chi connectivity index (χ0n) is 23.8. The number of nitrogens with zero attached hydrogens (tertiary/aromatic N) is 2. The average molecular weight is 634 g/mol. The van der Waals surface area contributed by atoms with Crippen LogP contribution in [0.3, 0.4) is 0 Å². The predicted molar refractivity (Wildman–Crippen MR) is 157 cm³/mol. The van der Waals surface area contributed by atoms with Gasteiger partial charge in [-0.3, -0.25) is 38.6 Å². The maximum atomic E-state index is 13.5. The molecule has 1 aliphatic rings. The van der Waals surface area contributed by atoms with Crippen LogP contribution in [-0.2, 0) is 33.6 Å². The van der Waals surface area contributed by atoms with Crippen molar-refractivity contribution in [3.63, 3.8) is 0 Å². The number of hydrogen-bond donors (Lipinski definition) is 8. The molecule has 0 unspecified atom stereocenters. The van der Waals surface area contributed by atoms with Gasteiger partial charge in [-0.1, -0.05) is 21.6 Å². The van der Waals surface area contributed by atoms with Crippen molar-refractivity contribution in [3.8, 4) is 0 Å². The van der Waals surface area contributed by atoms with E-state index in [1.165, 1.54) is 14.0 Å². The van der Waals surface area contributed by atoms with Gasteiger partial charge in [-0.2, -0.15) is 0 Å². The van der Waals surface area contributed by atoms with Crippen molar-refractivity contribution in [2.24, 2.45) is 22.2 Å². The van der Waals surface area contributed by atoms with Crippen LogP contribution in [0.2, 0.25) is 0 Å². The summed E-state index contributed by atoms with van der Waals surface area (Å²) in [7, 11) is 3.56. The Balaban J connectivity index is 3.46. The number of carbonyl (C=O) groups excluding carboxylic acids is 6. The minimum absolute atomic E-state index is 0.000296. The number of carbonyl (C=O) groups is 7. The molecule has 4 atom stereocenters. The summed E-state index contributed by atoms with van der Waals surface area (Å²) < 4.78 is -1.10. The summed E-state index contributed by atoms with van der Waals surface area (Å²) in [5, 5.41) is 18.9. The lowest BCUT2D eigenvalue weighted by Crippen LogP contribution is -2.59. The highest BCUT2D eigenvalue weighted by atomic mass is 33.1. The molecule has 19 heteroatoms. The van der Waals surface area contributed by atoms with Gasteiger partial charge in [-0.25, -0.2) is 0 Å². The van der Waals surface area contributed by atoms with Crippen molar-refractivity contribution in [1.82, 2.24) is 26.2 Å². The van der Waals surface area contributed by atoms with Crippen molar-refractivity contribution in [3.05, 3.63) is 0 Å². The van der Waals surface area contributed by atoms with Crippen LogP contribution in [0.25, 0.3) is 0 Å². The fraction of sp³-hybridized carbons (Fsp3) is 0.652. The second-order valence-corrected chi connectivity index (χ2v) is 12.9. The molecule has 0 radical (unpaired) electrons. The van der Waals surface area contributed by atoms with Gasteiger partial charge in [0, 0.05) is 31.0 Å². The van der Waals surface area contributed by atoms with E-state index >= 15 is 0 Å². The van der Waals surface area contributed by atoms with Crippen molar-refractivity contribution >= 4 is 69.0 Å². The van der Waals surface area contributed by atoms with Crippen molar-refractivity contribution < 1.29 is 38.7 Å². The van der Waals surface area contributed by atoms with Gasteiger partial charge in [0.2, 0.25) is 35.4 Å². The number of aliphatic imine (C=N–C) groups is 1. The van der Waals surface area contributed by atoms with Gasteiger partial charge >= 0.3 is 5.97 Å². The van der Waals surface area contributed by atoms with Crippen LogP contribution in [0.15, 0.2) is 4.99 Å². The van der Waals surface area contributed by atoms with Gasteiger partial charge in [-0.15, -0.1) is 0 Å². The molecule has 1 saturated heterocycles. The largest absolute Gasteiger partial charge is 0.481 e. The highest BCUT2D eigenvalue weighted by molar-refractivity contribution is 8.77. The molecule has 0 aromatic carbocycles. The van der Waals surface area contributed by atoms with Crippen LogP contribution >= 0.6 is 21.6 Å². The van der Waals surface area contributed by atoms with Crippen molar-refractivity contribution in [2.45, 2.75) is 68.9 Å². The van der Waals surface area contributed by atoms with Gasteiger partial charge in [0.15, 0.2) is 5.96 Å². The minimum atomic E-state index is -1.60. The van der Waals surface area contributed by atoms with E-state index in [0.717, 1.165) is 26.5 Å². The Labute approximate surface area is 250 Å². The Morgan fingerprint density at radius 2 is 1.76 bits per heavy atom. The van der Waals surface area contributed by atoms with Crippen molar-refractivity contribution in [2.75, 3.05) is 25.9 Å². The number of likely N-dealkylation sites (N-methyl/N-ethyl adjacent to an activating group) is 1. The first-order valence-corrected chi connectivity index (χ1v) is 15.1. The van der Waals surface area contributed by atoms with Crippen LogP contribution in [0, 0.1) is 0 Å². The number of rotatable bonds is 8. The SMILES string of the molecule is CC(=O)N[C@H]1CSSC(C)(C)[C@@H](C(N)=O)NC(=O)[C@H](CC(=O)O)NC(=O)CNC(=O)[C@@H](CCCN=C(N)N)N(C)C1=O. The highest BCUT2D eigenvalue weighted by Crippen LogP contribution is 2.38. The third-order valence-electron chi connectivity index (χ3n) is 5.95. The lowest BCUT2D eigenvalue weighted by atomic mass is 10.0. The maximum absolute atomic E-state index is 13.5. The van der Waals surface area contributed by atoms with Gasteiger partial charge in [0.05, 0.1) is 13.0 Å². The lowest BCUT2D eigenvalue weighted by molar-refractivity contribution is -0.142. The summed E-state index contributed by atoms with van der Waals surface area (Å²) in [4.78, 5) is 92.9. The van der Waals surface area contributed by atoms with Crippen LogP contribution < -0.4 is 38.5 Å². The molecule has 0 aromatic rings. The molecule has 0 bridgehead atoms. The van der Waals surface area contributed by atoms with Gasteiger partial charge in [0.1, 0.15) is 24.2 Å². The third-order valence-corrected chi connectivity index (χ3v) is 9.25. The highest BCUT2D eigenvalue weighted by Gasteiger charge is 2.39. The van der Waals surface area contributed by atoms with E-state index in [0.29, 0.717) is 0 Å². The molecule has 0 aromatic heterocycles. The predicted octanol–water partition coefficient (Wildman–Crippen LogP) is -3.41. The van der Waals surface area contributed by atoms with Gasteiger partial charge in [-0.05, 0) is 26.7 Å². The summed E-state index contributed by atoms with van der Waals surface area (Å²) in [6.45, 7) is 3.89. The first-order valence-electron chi connectivity index (χ1n) is 12.7. The summed E-state index contributed by atoms with van der Waals surface area (Å²) in [6, 6.07) is -5.12. The number of primary amides is 1. The Kier molecular flexibility index (Phi) is 14.4. The summed E-state index contributed by atoms with van der Waals surface area (Å²) in [5.74, 6) is -6.21. The van der Waals surface area contributed by atoms with Crippen molar-refractivity contribution in [1.29, 1.82) is 0 Å². The molecule has 236 valence electrons. The molecule has 0 saturated carbocycles. The Bertz CT molecular complexity index is 1080. The van der Waals surface area contributed by atoms with E-state index in [1.807, 2.05) is 0 Å². The topological polar surface area (TPSA) is 282 Å². The van der Waals surface area contributed by atoms with Crippen LogP contribution in [-0.4, -0.2) is 112 Å². The summed E-state index contributed by atoms with van der Waals surface area (Å²) in [5.41, 5.74) is 16.2. The number of nitrogens with one attached hydrogen (secondary N) is 4. The molecule has 1 fully saturated rings. The standard InChI is InChI=1S/C23H39N9O8S2/c1-11(33)29-13-10-41-42-23(2,3)17(18(24)37)31-19(38)12(8-16(35)36)30-15(34)9-28-20(39)14(32(4)21(13)40)6-5-7-27-22(25)26/h12-14,17H,5-10H2,1-4H3,(H2,24,37)(H,28,39)(H,29,33)(H,30,34)(H,31,38)(H,35,36)(H4,25,26,27)/t12-,13-,14+,17+/m0/s1. The minimum Gasteiger partial charge on any atom is -0.481 e. The molecule has 1 aliphatic heterocycles. The molecule has 1 rings (SSSR count). The van der Waals surface area contributed by atoms with E-state index in [-0.39, 0.29) is 31.1 Å². The fourth-order valence-corrected chi connectivity index (χ4v) is 6.68. The van der Waals surface area contributed by atoms with Crippen LogP contribution in [0.1, 0.15) is 40.0 Å². The quantitative estimate of drug-likeness (QED) is 0.0562. The second-order valence-electron chi connectivity index (χ2n) is 9.92. The molecular weight excluding hydrogens is 594 g/mol. The van der Waals surface area contributed by atoms with E-state index in [4.69, 9.17) is 17.2 Å². The third kappa shape index (κ3) is 12.0. The Morgan fingerprint density at radius 1 is 1.12 bits per heavy atom. The monoisotopic (exact) mass is 633 g/mol. The average Bonchev–Trinajstić information content (AvgIpc) is 2.87. The van der Waals surface area contributed by atoms with Gasteiger partial charge < -0.3 is 48.5 Å². The molecule has 11 N–H and O–H groups in total. The Morgan fingerprint density at radius 3 is 2.31 bits per heavy atom. The number of hydrogen-bond acceptors (Lipinski definition) is 10. The number of amides is 6. The van der Waals surface area contributed by atoms with E-state index in [2.05, 4.69) is 26.3 Å². The number of aliphatic carboxylic acids is 1. The first kappa shape index (κ1) is 36.3. The number of carboxylic acids is 1. The zero-order valence-corrected chi connectivity index (χ0v) is 25.4. The number of nitrogens with two attached hydrogens (primary N) is 3. The molecular formula is C23H39N9O8S2. The van der Waals surface area contributed by atoms with Crippen LogP contribution in [0.4, 0.5) is 0 Å². The second kappa shape index (κ2) is 16.6. The molecule has 0 aliphatic carbocycles. The van der Waals surface area contributed by atoms with E-state index in [9.17, 15) is 38.7 Å². The molecule has 17 nitrogen and oxygen atoms in total. The van der Waals surface area contributed by atoms with Gasteiger partial charge in [0.25, 0.3) is 0 Å². The molecule has 6 amide bonds. The molecule has 42 heavy (non-hydrogen) atoms. The molecule has 1 heterocycles. The van der Waals surface area contributed by atoms with E-state index in [1.54, 1.807) is 13.8 Å². The summed E-state index contributed by atoms with van der Waals surface area (Å²) >= 11 is 0. The fourth-order valence-electron chi connectivity index (χ4n) is 3.86. The van der Waals surface area contributed by atoms with Crippen LogP contribution in [0.5, 0.6) is 0 Å². The first-order chi connectivity index (χ1) is 19.5. The van der Waals surface area contributed by atoms with E-state index < -0.39 is 83.3 Å². The number of guanidine groups is 1. The molecule has 0 spiro atoms. The normalized spacial score (nSPS) is 24.3. The zero-order chi connectivity index (χ0) is 32.2. The maximum Gasteiger partial charge on any atom is 0.305 e. The Hall–Kier alpha value is -3.74. The summed E-state index contributed by atoms with van der Waals surface area (Å²) in [6.07, 6.45) is -0.459. The number of carboxylic acid groups (broad SMARTS) is 1. The smallest absolute Gasteiger partial charge is 0.305 e.